The van der Waals surface area contributed by atoms with Crippen molar-refractivity contribution in [2.45, 2.75) is 39.8 Å². The van der Waals surface area contributed by atoms with Crippen molar-refractivity contribution in [2.75, 3.05) is 0 Å². The fourth-order valence-corrected chi connectivity index (χ4v) is 4.72. The summed E-state index contributed by atoms with van der Waals surface area (Å²) in [5, 5.41) is 8.21. The summed E-state index contributed by atoms with van der Waals surface area (Å²) in [6.45, 7) is 6.75. The minimum absolute atomic E-state index is 0.318. The van der Waals surface area contributed by atoms with Crippen LogP contribution in [0.25, 0.3) is 17.0 Å². The van der Waals surface area contributed by atoms with Crippen LogP contribution in [0, 0.1) is 12.7 Å². The molecule has 0 saturated heterocycles. The molecule has 3 aromatic carbocycles. The molecule has 1 N–H and O–H groups in total. The standard InChI is InChI=1S/C29H27FN4OS/c1-4-20-12-14-22(15-13-20)27-32-28(35-33-27)25-19(3)34(17-21-10-8-18(2)9-11-21)29(36)31-26(25)23-6-5-7-24(30)16-23/h5-16,26H,4,17H2,1-3H3,(H,31,36). The number of allylic oxidation sites excluding steroid dienone is 1. The second-order valence-corrected chi connectivity index (χ2v) is 9.37. The normalized spacial score (nSPS) is 15.8. The highest BCUT2D eigenvalue weighted by Gasteiger charge is 2.34. The van der Waals surface area contributed by atoms with Gasteiger partial charge < -0.3 is 14.7 Å². The summed E-state index contributed by atoms with van der Waals surface area (Å²) in [6, 6.07) is 22.5. The van der Waals surface area contributed by atoms with E-state index in [1.165, 1.54) is 23.3 Å². The van der Waals surface area contributed by atoms with E-state index in [1.54, 1.807) is 6.07 Å². The van der Waals surface area contributed by atoms with Crippen LogP contribution in [-0.2, 0) is 13.0 Å². The van der Waals surface area contributed by atoms with Crippen LogP contribution < -0.4 is 5.32 Å². The molecular formula is C29H27FN4OS. The van der Waals surface area contributed by atoms with Gasteiger partial charge in [0.05, 0.1) is 11.6 Å². The Labute approximate surface area is 215 Å². The molecule has 0 bridgehead atoms. The fraction of sp³-hybridized carbons (Fsp3) is 0.207. The van der Waals surface area contributed by atoms with Gasteiger partial charge in [0, 0.05) is 17.8 Å². The zero-order valence-corrected chi connectivity index (χ0v) is 21.3. The summed E-state index contributed by atoms with van der Waals surface area (Å²) < 4.78 is 20.0. The Kier molecular flexibility index (Phi) is 6.65. The average molecular weight is 499 g/mol. The van der Waals surface area contributed by atoms with Gasteiger partial charge in [-0.05, 0) is 61.3 Å². The van der Waals surface area contributed by atoms with Crippen LogP contribution >= 0.6 is 12.2 Å². The van der Waals surface area contributed by atoms with Gasteiger partial charge in [-0.25, -0.2) is 4.39 Å². The van der Waals surface area contributed by atoms with Gasteiger partial charge in [0.1, 0.15) is 5.82 Å². The average Bonchev–Trinajstić information content (AvgIpc) is 3.37. The number of aromatic nitrogens is 2. The Balaban J connectivity index is 1.58. The van der Waals surface area contributed by atoms with E-state index in [2.05, 4.69) is 60.7 Å². The minimum atomic E-state index is -0.432. The van der Waals surface area contributed by atoms with Crippen molar-refractivity contribution in [3.05, 3.63) is 112 Å². The summed E-state index contributed by atoms with van der Waals surface area (Å²) in [5.41, 5.74) is 6.81. The first-order valence-electron chi connectivity index (χ1n) is 12.0. The van der Waals surface area contributed by atoms with Crippen LogP contribution in [0.3, 0.4) is 0 Å². The Morgan fingerprint density at radius 2 is 1.72 bits per heavy atom. The van der Waals surface area contributed by atoms with Crippen LogP contribution in [0.4, 0.5) is 4.39 Å². The molecule has 0 amide bonds. The molecule has 36 heavy (non-hydrogen) atoms. The van der Waals surface area contributed by atoms with Crippen molar-refractivity contribution in [1.29, 1.82) is 0 Å². The van der Waals surface area contributed by atoms with Crippen molar-refractivity contribution in [3.8, 4) is 11.4 Å². The third-order valence-electron chi connectivity index (χ3n) is 6.52. The number of hydrogen-bond donors (Lipinski definition) is 1. The maximum absolute atomic E-state index is 14.2. The maximum Gasteiger partial charge on any atom is 0.258 e. The van der Waals surface area contributed by atoms with Gasteiger partial charge in [-0.2, -0.15) is 4.98 Å². The van der Waals surface area contributed by atoms with Gasteiger partial charge in [0.2, 0.25) is 5.82 Å². The van der Waals surface area contributed by atoms with Crippen molar-refractivity contribution in [1.82, 2.24) is 20.4 Å². The van der Waals surface area contributed by atoms with Crippen molar-refractivity contribution < 1.29 is 8.91 Å². The smallest absolute Gasteiger partial charge is 0.258 e. The highest BCUT2D eigenvalue weighted by Crippen LogP contribution is 2.38. The number of nitrogens with one attached hydrogen (secondary N) is 1. The molecular weight excluding hydrogens is 471 g/mol. The largest absolute Gasteiger partial charge is 0.351 e. The van der Waals surface area contributed by atoms with Crippen LogP contribution in [0.1, 0.15) is 48.0 Å². The number of benzene rings is 3. The van der Waals surface area contributed by atoms with Crippen LogP contribution in [0.2, 0.25) is 0 Å². The predicted molar refractivity (Wildman–Crippen MR) is 143 cm³/mol. The molecule has 0 saturated carbocycles. The monoisotopic (exact) mass is 498 g/mol. The third kappa shape index (κ3) is 4.79. The number of halogens is 1. The molecule has 0 spiro atoms. The highest BCUT2D eigenvalue weighted by atomic mass is 32.1. The van der Waals surface area contributed by atoms with Gasteiger partial charge >= 0.3 is 0 Å². The molecule has 1 unspecified atom stereocenters. The summed E-state index contributed by atoms with van der Waals surface area (Å²) in [6.07, 6.45) is 0.960. The first-order valence-corrected chi connectivity index (χ1v) is 12.4. The summed E-state index contributed by atoms with van der Waals surface area (Å²) >= 11 is 5.77. The van der Waals surface area contributed by atoms with E-state index >= 15 is 0 Å². The molecule has 1 atom stereocenters. The zero-order chi connectivity index (χ0) is 25.2. The van der Waals surface area contributed by atoms with Gasteiger partial charge in [-0.1, -0.05) is 78.3 Å². The second-order valence-electron chi connectivity index (χ2n) is 8.98. The number of rotatable bonds is 6. The van der Waals surface area contributed by atoms with Crippen molar-refractivity contribution in [3.63, 3.8) is 0 Å². The molecule has 4 aromatic rings. The second kappa shape index (κ2) is 10.0. The number of nitrogens with zero attached hydrogens (tertiary/aromatic N) is 3. The zero-order valence-electron chi connectivity index (χ0n) is 20.5. The first kappa shape index (κ1) is 23.9. The van der Waals surface area contributed by atoms with Crippen molar-refractivity contribution >= 4 is 22.9 Å². The Hall–Kier alpha value is -3.84. The molecule has 7 heteroatoms. The molecule has 5 nitrogen and oxygen atoms in total. The topological polar surface area (TPSA) is 54.2 Å². The lowest BCUT2D eigenvalue weighted by molar-refractivity contribution is 0.396. The first-order chi connectivity index (χ1) is 17.4. The molecule has 1 aliphatic rings. The molecule has 0 aliphatic carbocycles. The van der Waals surface area contributed by atoms with E-state index in [4.69, 9.17) is 21.7 Å². The highest BCUT2D eigenvalue weighted by molar-refractivity contribution is 7.80. The quantitative estimate of drug-likeness (QED) is 0.302. The third-order valence-corrected chi connectivity index (χ3v) is 6.85. The predicted octanol–water partition coefficient (Wildman–Crippen LogP) is 6.61. The van der Waals surface area contributed by atoms with Gasteiger partial charge in [-0.3, -0.25) is 0 Å². The maximum atomic E-state index is 14.2. The molecule has 0 radical (unpaired) electrons. The molecule has 182 valence electrons. The Morgan fingerprint density at radius 3 is 2.42 bits per heavy atom. The fourth-order valence-electron chi connectivity index (χ4n) is 4.40. The van der Waals surface area contributed by atoms with Gasteiger partial charge in [0.15, 0.2) is 5.11 Å². The summed E-state index contributed by atoms with van der Waals surface area (Å²) in [7, 11) is 0. The van der Waals surface area contributed by atoms with E-state index < -0.39 is 6.04 Å². The molecule has 5 rings (SSSR count). The van der Waals surface area contributed by atoms with Crippen LogP contribution in [0.15, 0.2) is 83.0 Å². The van der Waals surface area contributed by atoms with Crippen molar-refractivity contribution in [2.24, 2.45) is 0 Å². The Morgan fingerprint density at radius 1 is 1.00 bits per heavy atom. The number of thiocarbonyl (C=S) groups is 1. The lowest BCUT2D eigenvalue weighted by atomic mass is 9.94. The lowest BCUT2D eigenvalue weighted by Crippen LogP contribution is -2.45. The molecule has 1 aliphatic heterocycles. The summed E-state index contributed by atoms with van der Waals surface area (Å²) in [4.78, 5) is 6.77. The van der Waals surface area contributed by atoms with Gasteiger partial charge in [0.25, 0.3) is 5.89 Å². The molecule has 1 aromatic heterocycles. The van der Waals surface area contributed by atoms with E-state index in [0.29, 0.717) is 23.4 Å². The van der Waals surface area contributed by atoms with Gasteiger partial charge in [-0.15, -0.1) is 0 Å². The van der Waals surface area contributed by atoms with E-state index in [9.17, 15) is 4.39 Å². The summed E-state index contributed by atoms with van der Waals surface area (Å²) in [5.74, 6) is 0.561. The SMILES string of the molecule is CCc1ccc(-c2noc(C3=C(C)N(Cc4ccc(C)cc4)C(=S)NC3c3cccc(F)c3)n2)cc1. The molecule has 2 heterocycles. The van der Waals surface area contributed by atoms with Crippen LogP contribution in [-0.4, -0.2) is 20.2 Å². The van der Waals surface area contributed by atoms with E-state index in [0.717, 1.165) is 34.4 Å². The number of hydrogen-bond acceptors (Lipinski definition) is 4. The minimum Gasteiger partial charge on any atom is -0.351 e. The lowest BCUT2D eigenvalue weighted by Gasteiger charge is -2.37. The van der Waals surface area contributed by atoms with E-state index in [1.807, 2.05) is 30.0 Å². The van der Waals surface area contributed by atoms with E-state index in [-0.39, 0.29) is 5.82 Å². The Bertz CT molecular complexity index is 1430. The van der Waals surface area contributed by atoms with Crippen LogP contribution in [0.5, 0.6) is 0 Å². The molecule has 0 fully saturated rings. The number of aryl methyl sites for hydroxylation is 2.